The van der Waals surface area contributed by atoms with Crippen molar-refractivity contribution in [1.29, 1.82) is 0 Å². The van der Waals surface area contributed by atoms with E-state index in [-0.39, 0.29) is 0 Å². The summed E-state index contributed by atoms with van der Waals surface area (Å²) in [4.78, 5) is 11.0. The number of methoxy groups -OCH3 is 1. The molecule has 104 valence electrons. The summed E-state index contributed by atoms with van der Waals surface area (Å²) in [5.74, 6) is -0.0971. The zero-order valence-corrected chi connectivity index (χ0v) is 11.7. The van der Waals surface area contributed by atoms with E-state index in [1.165, 1.54) is 0 Å². The Kier molecular flexibility index (Phi) is 3.94. The molecule has 0 saturated heterocycles. The lowest BCUT2D eigenvalue weighted by Gasteiger charge is -2.12. The van der Waals surface area contributed by atoms with Gasteiger partial charge in [-0.15, -0.1) is 0 Å². The molecule has 2 aromatic rings. The van der Waals surface area contributed by atoms with Crippen molar-refractivity contribution in [2.24, 2.45) is 0 Å². The van der Waals surface area contributed by atoms with Crippen LogP contribution in [0.15, 0.2) is 36.4 Å². The minimum Gasteiger partial charge on any atom is -0.497 e. The standard InChI is InChI=1S/C16H17NO3/c1-10-8-12(4-6-14(10)16(18)19)17-15-7-5-13(20-3)9-11(15)2/h4-9,17H,1-3H3,(H,18,19). The van der Waals surface area contributed by atoms with E-state index in [4.69, 9.17) is 9.84 Å². The molecule has 0 aliphatic carbocycles. The first kappa shape index (κ1) is 13.9. The molecule has 0 aromatic heterocycles. The number of carboxylic acids is 1. The minimum atomic E-state index is -0.908. The number of benzene rings is 2. The molecular weight excluding hydrogens is 254 g/mol. The van der Waals surface area contributed by atoms with Gasteiger partial charge in [0.1, 0.15) is 5.75 Å². The van der Waals surface area contributed by atoms with Crippen LogP contribution in [-0.4, -0.2) is 18.2 Å². The van der Waals surface area contributed by atoms with Crippen LogP contribution < -0.4 is 10.1 Å². The number of nitrogens with one attached hydrogen (secondary N) is 1. The van der Waals surface area contributed by atoms with Crippen LogP contribution in [0, 0.1) is 13.8 Å². The van der Waals surface area contributed by atoms with Gasteiger partial charge in [-0.1, -0.05) is 0 Å². The topological polar surface area (TPSA) is 58.6 Å². The Hall–Kier alpha value is -2.49. The lowest BCUT2D eigenvalue weighted by Crippen LogP contribution is -2.01. The maximum Gasteiger partial charge on any atom is 0.335 e. The van der Waals surface area contributed by atoms with E-state index in [9.17, 15) is 4.79 Å². The highest BCUT2D eigenvalue weighted by Crippen LogP contribution is 2.25. The van der Waals surface area contributed by atoms with Gasteiger partial charge in [0.2, 0.25) is 0 Å². The molecule has 0 aliphatic rings. The van der Waals surface area contributed by atoms with Gasteiger partial charge in [0.05, 0.1) is 12.7 Å². The number of rotatable bonds is 4. The highest BCUT2D eigenvalue weighted by molar-refractivity contribution is 5.90. The summed E-state index contributed by atoms with van der Waals surface area (Å²) in [5.41, 5.74) is 3.94. The van der Waals surface area contributed by atoms with Crippen molar-refractivity contribution >= 4 is 17.3 Å². The average Bonchev–Trinajstić information content (AvgIpc) is 2.40. The van der Waals surface area contributed by atoms with Crippen LogP contribution in [0.3, 0.4) is 0 Å². The third-order valence-corrected chi connectivity index (χ3v) is 3.17. The molecule has 0 atom stereocenters. The van der Waals surface area contributed by atoms with E-state index in [0.717, 1.165) is 28.3 Å². The molecule has 20 heavy (non-hydrogen) atoms. The number of carboxylic acid groups (broad SMARTS) is 1. The number of hydrogen-bond acceptors (Lipinski definition) is 3. The molecule has 2 N–H and O–H groups in total. The molecule has 0 amide bonds. The quantitative estimate of drug-likeness (QED) is 0.889. The Morgan fingerprint density at radius 3 is 2.40 bits per heavy atom. The molecule has 0 spiro atoms. The number of aromatic carboxylic acids is 1. The lowest BCUT2D eigenvalue weighted by atomic mass is 10.1. The van der Waals surface area contributed by atoms with E-state index in [1.807, 2.05) is 31.2 Å². The average molecular weight is 271 g/mol. The summed E-state index contributed by atoms with van der Waals surface area (Å²) in [6, 6.07) is 11.0. The first-order chi connectivity index (χ1) is 9.51. The van der Waals surface area contributed by atoms with Crippen LogP contribution in [-0.2, 0) is 0 Å². The molecule has 4 nitrogen and oxygen atoms in total. The number of anilines is 2. The summed E-state index contributed by atoms with van der Waals surface area (Å²) in [6.07, 6.45) is 0. The predicted molar refractivity (Wildman–Crippen MR) is 79.2 cm³/mol. The summed E-state index contributed by atoms with van der Waals surface area (Å²) in [7, 11) is 1.63. The maximum absolute atomic E-state index is 11.0. The molecule has 2 rings (SSSR count). The Morgan fingerprint density at radius 1 is 1.10 bits per heavy atom. The number of carbonyl (C=O) groups is 1. The van der Waals surface area contributed by atoms with Gasteiger partial charge >= 0.3 is 5.97 Å². The Labute approximate surface area is 118 Å². The monoisotopic (exact) mass is 271 g/mol. The first-order valence-corrected chi connectivity index (χ1v) is 6.27. The molecule has 0 bridgehead atoms. The fraction of sp³-hybridized carbons (Fsp3) is 0.188. The Balaban J connectivity index is 2.26. The van der Waals surface area contributed by atoms with Gasteiger partial charge in [-0.05, 0) is 61.4 Å². The zero-order valence-electron chi connectivity index (χ0n) is 11.7. The van der Waals surface area contributed by atoms with Gasteiger partial charge in [-0.2, -0.15) is 0 Å². The third-order valence-electron chi connectivity index (χ3n) is 3.17. The summed E-state index contributed by atoms with van der Waals surface area (Å²) in [6.45, 7) is 3.78. The first-order valence-electron chi connectivity index (χ1n) is 6.27. The van der Waals surface area contributed by atoms with Crippen molar-refractivity contribution in [1.82, 2.24) is 0 Å². The molecule has 2 aromatic carbocycles. The van der Waals surface area contributed by atoms with Crippen LogP contribution in [0.4, 0.5) is 11.4 Å². The van der Waals surface area contributed by atoms with Crippen LogP contribution >= 0.6 is 0 Å². The predicted octanol–water partition coefficient (Wildman–Crippen LogP) is 3.75. The van der Waals surface area contributed by atoms with Crippen molar-refractivity contribution in [2.45, 2.75) is 13.8 Å². The van der Waals surface area contributed by atoms with Crippen LogP contribution in [0.2, 0.25) is 0 Å². The van der Waals surface area contributed by atoms with Gasteiger partial charge < -0.3 is 15.2 Å². The smallest absolute Gasteiger partial charge is 0.335 e. The second-order valence-corrected chi connectivity index (χ2v) is 4.64. The molecule has 0 heterocycles. The van der Waals surface area contributed by atoms with Crippen molar-refractivity contribution < 1.29 is 14.6 Å². The fourth-order valence-electron chi connectivity index (χ4n) is 2.04. The summed E-state index contributed by atoms with van der Waals surface area (Å²) < 4.78 is 5.17. The van der Waals surface area contributed by atoms with Crippen molar-refractivity contribution in [3.63, 3.8) is 0 Å². The number of aryl methyl sites for hydroxylation is 2. The normalized spacial score (nSPS) is 10.2. The highest BCUT2D eigenvalue weighted by Gasteiger charge is 2.08. The second kappa shape index (κ2) is 5.65. The second-order valence-electron chi connectivity index (χ2n) is 4.64. The zero-order chi connectivity index (χ0) is 14.7. The largest absolute Gasteiger partial charge is 0.497 e. The number of ether oxygens (including phenoxy) is 1. The van der Waals surface area contributed by atoms with E-state index < -0.39 is 5.97 Å². The Morgan fingerprint density at radius 2 is 1.85 bits per heavy atom. The van der Waals surface area contributed by atoms with Crippen LogP contribution in [0.25, 0.3) is 0 Å². The van der Waals surface area contributed by atoms with Gasteiger partial charge in [0.15, 0.2) is 0 Å². The van der Waals surface area contributed by atoms with E-state index in [2.05, 4.69) is 5.32 Å². The van der Waals surface area contributed by atoms with Crippen LogP contribution in [0.5, 0.6) is 5.75 Å². The highest BCUT2D eigenvalue weighted by atomic mass is 16.5. The summed E-state index contributed by atoms with van der Waals surface area (Å²) >= 11 is 0. The fourth-order valence-corrected chi connectivity index (χ4v) is 2.04. The van der Waals surface area contributed by atoms with Crippen molar-refractivity contribution in [2.75, 3.05) is 12.4 Å². The molecule has 4 heteroatoms. The molecule has 0 saturated carbocycles. The number of hydrogen-bond donors (Lipinski definition) is 2. The minimum absolute atomic E-state index is 0.321. The molecular formula is C16H17NO3. The lowest BCUT2D eigenvalue weighted by molar-refractivity contribution is 0.0696. The SMILES string of the molecule is COc1ccc(Nc2ccc(C(=O)O)c(C)c2)c(C)c1. The van der Waals surface area contributed by atoms with Gasteiger partial charge in [-0.25, -0.2) is 4.79 Å². The summed E-state index contributed by atoms with van der Waals surface area (Å²) in [5, 5.41) is 12.3. The van der Waals surface area contributed by atoms with E-state index >= 15 is 0 Å². The molecule has 0 fully saturated rings. The van der Waals surface area contributed by atoms with E-state index in [0.29, 0.717) is 5.56 Å². The van der Waals surface area contributed by atoms with Gasteiger partial charge in [0.25, 0.3) is 0 Å². The van der Waals surface area contributed by atoms with Crippen molar-refractivity contribution in [3.05, 3.63) is 53.1 Å². The maximum atomic E-state index is 11.0. The van der Waals surface area contributed by atoms with E-state index in [1.54, 1.807) is 26.2 Å². The van der Waals surface area contributed by atoms with Crippen molar-refractivity contribution in [3.8, 4) is 5.75 Å². The molecule has 0 unspecified atom stereocenters. The molecule has 0 radical (unpaired) electrons. The van der Waals surface area contributed by atoms with Gasteiger partial charge in [-0.3, -0.25) is 0 Å². The third kappa shape index (κ3) is 2.91. The molecule has 0 aliphatic heterocycles. The van der Waals surface area contributed by atoms with Gasteiger partial charge in [0, 0.05) is 11.4 Å². The Bertz CT molecular complexity index is 650. The van der Waals surface area contributed by atoms with Crippen LogP contribution in [0.1, 0.15) is 21.5 Å².